The summed E-state index contributed by atoms with van der Waals surface area (Å²) in [5.41, 5.74) is -0.469. The highest BCUT2D eigenvalue weighted by molar-refractivity contribution is 7.18. The molecule has 2 aromatic rings. The van der Waals surface area contributed by atoms with Crippen molar-refractivity contribution in [3.05, 3.63) is 50.6 Å². The van der Waals surface area contributed by atoms with Gasteiger partial charge in [-0.3, -0.25) is 9.59 Å². The van der Waals surface area contributed by atoms with Gasteiger partial charge in [0.1, 0.15) is 5.54 Å². The molecule has 4 nitrogen and oxygen atoms in total. The Morgan fingerprint density at radius 3 is 2.23 bits per heavy atom. The Bertz CT molecular complexity index is 696. The summed E-state index contributed by atoms with van der Waals surface area (Å²) >= 11 is 12.8. The van der Waals surface area contributed by atoms with E-state index in [1.54, 1.807) is 50.2 Å². The molecule has 0 radical (unpaired) electrons. The van der Waals surface area contributed by atoms with Crippen LogP contribution in [0.2, 0.25) is 9.36 Å². The molecule has 0 spiro atoms. The Morgan fingerprint density at radius 2 is 1.68 bits per heavy atom. The second-order valence-electron chi connectivity index (χ2n) is 5.14. The van der Waals surface area contributed by atoms with Crippen LogP contribution >= 0.6 is 34.5 Å². The van der Waals surface area contributed by atoms with Gasteiger partial charge in [0, 0.05) is 10.7 Å². The van der Waals surface area contributed by atoms with E-state index in [2.05, 4.69) is 10.6 Å². The summed E-state index contributed by atoms with van der Waals surface area (Å²) in [7, 11) is 0. The minimum absolute atomic E-state index is 0.328. The van der Waals surface area contributed by atoms with E-state index in [1.165, 1.54) is 0 Å². The molecular formula is C15H14Cl2N2O2S. The van der Waals surface area contributed by atoms with E-state index >= 15 is 0 Å². The lowest BCUT2D eigenvalue weighted by Crippen LogP contribution is -2.52. The molecular weight excluding hydrogens is 343 g/mol. The average molecular weight is 357 g/mol. The fourth-order valence-corrected chi connectivity index (χ4v) is 2.72. The molecule has 0 bridgehead atoms. The molecule has 2 amide bonds. The highest BCUT2D eigenvalue weighted by Gasteiger charge is 2.30. The van der Waals surface area contributed by atoms with E-state index < -0.39 is 5.54 Å². The van der Waals surface area contributed by atoms with Crippen LogP contribution < -0.4 is 10.6 Å². The number of benzene rings is 1. The predicted octanol–water partition coefficient (Wildman–Crippen LogP) is 4.20. The second-order valence-corrected chi connectivity index (χ2v) is 7.30. The molecule has 1 heterocycles. The number of hydrogen-bond donors (Lipinski definition) is 2. The second kappa shape index (κ2) is 6.69. The molecule has 1 aromatic heterocycles. The van der Waals surface area contributed by atoms with Gasteiger partial charge in [-0.15, -0.1) is 11.3 Å². The minimum Gasteiger partial charge on any atom is -0.337 e. The van der Waals surface area contributed by atoms with Crippen LogP contribution in [0.3, 0.4) is 0 Å². The van der Waals surface area contributed by atoms with Crippen LogP contribution in [0, 0.1) is 0 Å². The number of halogens is 2. The maximum absolute atomic E-state index is 12.3. The Balaban J connectivity index is 2.03. The highest BCUT2D eigenvalue weighted by atomic mass is 35.5. The number of anilines is 1. The first kappa shape index (κ1) is 16.8. The van der Waals surface area contributed by atoms with E-state index in [1.807, 2.05) is 0 Å². The molecule has 2 N–H and O–H groups in total. The molecule has 0 unspecified atom stereocenters. The van der Waals surface area contributed by atoms with E-state index in [4.69, 9.17) is 23.2 Å². The van der Waals surface area contributed by atoms with Gasteiger partial charge >= 0.3 is 0 Å². The molecule has 22 heavy (non-hydrogen) atoms. The standard InChI is InChI=1S/C15H14Cl2N2O2S/c1-15(2,19-13(20)11-7-8-12(17)22-11)14(21)18-10-5-3-9(16)4-6-10/h3-8H,1-2H3,(H,18,21)(H,19,20). The summed E-state index contributed by atoms with van der Waals surface area (Å²) in [6.07, 6.45) is 0. The van der Waals surface area contributed by atoms with Crippen LogP contribution in [0.1, 0.15) is 23.5 Å². The van der Waals surface area contributed by atoms with Crippen LogP contribution in [0.4, 0.5) is 5.69 Å². The van der Waals surface area contributed by atoms with Gasteiger partial charge in [-0.25, -0.2) is 0 Å². The first-order chi connectivity index (χ1) is 10.3. The topological polar surface area (TPSA) is 58.2 Å². The van der Waals surface area contributed by atoms with Gasteiger partial charge in [0.25, 0.3) is 5.91 Å². The van der Waals surface area contributed by atoms with Crippen molar-refractivity contribution in [2.75, 3.05) is 5.32 Å². The summed E-state index contributed by atoms with van der Waals surface area (Å²) in [6.45, 7) is 3.26. The number of carbonyl (C=O) groups is 2. The molecule has 0 atom stereocenters. The summed E-state index contributed by atoms with van der Waals surface area (Å²) in [4.78, 5) is 24.9. The molecule has 0 saturated carbocycles. The van der Waals surface area contributed by atoms with Crippen molar-refractivity contribution in [1.29, 1.82) is 0 Å². The zero-order valence-electron chi connectivity index (χ0n) is 11.9. The third-order valence-corrected chi connectivity index (χ3v) is 4.37. The molecule has 0 saturated heterocycles. The SMILES string of the molecule is CC(C)(NC(=O)c1ccc(Cl)s1)C(=O)Nc1ccc(Cl)cc1. The third kappa shape index (κ3) is 4.22. The molecule has 7 heteroatoms. The average Bonchev–Trinajstić information content (AvgIpc) is 2.87. The van der Waals surface area contributed by atoms with Gasteiger partial charge in [-0.2, -0.15) is 0 Å². The number of thiophene rings is 1. The van der Waals surface area contributed by atoms with Gasteiger partial charge in [0.2, 0.25) is 5.91 Å². The largest absolute Gasteiger partial charge is 0.337 e. The molecule has 0 aliphatic rings. The Kier molecular flexibility index (Phi) is 5.11. The zero-order chi connectivity index (χ0) is 16.3. The lowest BCUT2D eigenvalue weighted by Gasteiger charge is -2.24. The lowest BCUT2D eigenvalue weighted by molar-refractivity contribution is -0.120. The first-order valence-corrected chi connectivity index (χ1v) is 8.00. The normalized spacial score (nSPS) is 11.1. The minimum atomic E-state index is -1.08. The summed E-state index contributed by atoms with van der Waals surface area (Å²) in [5.74, 6) is -0.668. The van der Waals surface area contributed by atoms with Crippen molar-refractivity contribution < 1.29 is 9.59 Å². The molecule has 1 aromatic carbocycles. The van der Waals surface area contributed by atoms with Crippen LogP contribution in [0.25, 0.3) is 0 Å². The van der Waals surface area contributed by atoms with Gasteiger partial charge in [-0.05, 0) is 50.2 Å². The fourth-order valence-electron chi connectivity index (χ4n) is 1.66. The van der Waals surface area contributed by atoms with Crippen LogP contribution in [-0.2, 0) is 4.79 Å². The van der Waals surface area contributed by atoms with Gasteiger partial charge in [0.05, 0.1) is 9.21 Å². The monoisotopic (exact) mass is 356 g/mol. The van der Waals surface area contributed by atoms with E-state index in [0.717, 1.165) is 11.3 Å². The van der Waals surface area contributed by atoms with Gasteiger partial charge < -0.3 is 10.6 Å². The van der Waals surface area contributed by atoms with E-state index in [9.17, 15) is 9.59 Å². The van der Waals surface area contributed by atoms with E-state index in [0.29, 0.717) is 19.9 Å². The Labute approximate surface area is 142 Å². The molecule has 116 valence electrons. The smallest absolute Gasteiger partial charge is 0.262 e. The zero-order valence-corrected chi connectivity index (χ0v) is 14.3. The van der Waals surface area contributed by atoms with Crippen molar-refractivity contribution in [3.8, 4) is 0 Å². The summed E-state index contributed by atoms with van der Waals surface area (Å²) < 4.78 is 0.522. The molecule has 0 aliphatic carbocycles. The molecule has 2 rings (SSSR count). The first-order valence-electron chi connectivity index (χ1n) is 6.43. The maximum atomic E-state index is 12.3. The molecule has 0 aliphatic heterocycles. The van der Waals surface area contributed by atoms with Crippen LogP contribution in [0.15, 0.2) is 36.4 Å². The van der Waals surface area contributed by atoms with Crippen LogP contribution in [0.5, 0.6) is 0 Å². The third-order valence-electron chi connectivity index (χ3n) is 2.89. The maximum Gasteiger partial charge on any atom is 0.262 e. The number of rotatable bonds is 4. The van der Waals surface area contributed by atoms with Gasteiger partial charge in [-0.1, -0.05) is 23.2 Å². The lowest BCUT2D eigenvalue weighted by atomic mass is 10.0. The number of hydrogen-bond acceptors (Lipinski definition) is 3. The number of carbonyl (C=O) groups excluding carboxylic acids is 2. The summed E-state index contributed by atoms with van der Waals surface area (Å²) in [5, 5.41) is 6.01. The quantitative estimate of drug-likeness (QED) is 0.862. The number of nitrogens with one attached hydrogen (secondary N) is 2. The van der Waals surface area contributed by atoms with E-state index in [-0.39, 0.29) is 11.8 Å². The van der Waals surface area contributed by atoms with Gasteiger partial charge in [0.15, 0.2) is 0 Å². The summed E-state index contributed by atoms with van der Waals surface area (Å²) in [6, 6.07) is 10.00. The molecule has 0 fully saturated rings. The Hall–Kier alpha value is -1.56. The predicted molar refractivity (Wildman–Crippen MR) is 91.0 cm³/mol. The van der Waals surface area contributed by atoms with Crippen molar-refractivity contribution in [3.63, 3.8) is 0 Å². The number of amides is 2. The van der Waals surface area contributed by atoms with Crippen molar-refractivity contribution in [2.45, 2.75) is 19.4 Å². The highest BCUT2D eigenvalue weighted by Crippen LogP contribution is 2.22. The Morgan fingerprint density at radius 1 is 1.05 bits per heavy atom. The van der Waals surface area contributed by atoms with Crippen molar-refractivity contribution in [2.24, 2.45) is 0 Å². The fraction of sp³-hybridized carbons (Fsp3) is 0.200. The van der Waals surface area contributed by atoms with Crippen LogP contribution in [-0.4, -0.2) is 17.4 Å². The van der Waals surface area contributed by atoms with Crippen molar-refractivity contribution >= 4 is 52.0 Å². The van der Waals surface area contributed by atoms with Crippen molar-refractivity contribution in [1.82, 2.24) is 5.32 Å².